The Morgan fingerprint density at radius 2 is 1.88 bits per heavy atom. The lowest BCUT2D eigenvalue weighted by Crippen LogP contribution is -2.13. The minimum atomic E-state index is -0.422. The minimum Gasteiger partial charge on any atom is -0.321 e. The van der Waals surface area contributed by atoms with Crippen LogP contribution in [0.25, 0.3) is 11.8 Å². The number of carbonyl (C=O) groups is 1. The molecule has 0 unspecified atom stereocenters. The summed E-state index contributed by atoms with van der Waals surface area (Å²) < 4.78 is 1.93. The van der Waals surface area contributed by atoms with E-state index in [1.807, 2.05) is 84.4 Å². The van der Waals surface area contributed by atoms with E-state index in [1.165, 1.54) is 0 Å². The fourth-order valence-corrected chi connectivity index (χ4v) is 2.55. The Bertz CT molecular complexity index is 962. The van der Waals surface area contributed by atoms with Crippen LogP contribution in [-0.4, -0.2) is 10.5 Å². The van der Waals surface area contributed by atoms with E-state index >= 15 is 0 Å². The molecule has 1 heterocycles. The van der Waals surface area contributed by atoms with Gasteiger partial charge in [-0.3, -0.25) is 4.79 Å². The molecule has 0 bridgehead atoms. The second kappa shape index (κ2) is 7.33. The van der Waals surface area contributed by atoms with Gasteiger partial charge in [0.1, 0.15) is 11.6 Å². The molecular weight excluding hydrogens is 310 g/mol. The molecule has 0 spiro atoms. The maximum atomic E-state index is 12.4. The molecule has 1 N–H and O–H groups in total. The molecule has 1 aromatic heterocycles. The fraction of sp³-hybridized carbons (Fsp3) is 0.0476. The number of nitriles is 1. The summed E-state index contributed by atoms with van der Waals surface area (Å²) in [5.41, 5.74) is 3.50. The number of aromatic nitrogens is 1. The number of aryl methyl sites for hydroxylation is 1. The molecule has 2 aromatic carbocycles. The zero-order chi connectivity index (χ0) is 17.6. The number of nitrogens with zero attached hydrogens (tertiary/aromatic N) is 2. The predicted molar refractivity (Wildman–Crippen MR) is 99.2 cm³/mol. The molecule has 1 amide bonds. The number of amides is 1. The first kappa shape index (κ1) is 16.3. The molecule has 0 aliphatic heterocycles. The Kier molecular flexibility index (Phi) is 4.77. The highest BCUT2D eigenvalue weighted by atomic mass is 16.1. The summed E-state index contributed by atoms with van der Waals surface area (Å²) in [5.74, 6) is -0.422. The summed E-state index contributed by atoms with van der Waals surface area (Å²) in [7, 11) is 0. The molecule has 0 atom stereocenters. The SMILES string of the molecule is Cc1cccc(NC(=O)/C(C#N)=C\c2cccn2-c2ccccc2)c1. The van der Waals surface area contributed by atoms with Crippen molar-refractivity contribution < 1.29 is 4.79 Å². The van der Waals surface area contributed by atoms with Crippen LogP contribution in [0.5, 0.6) is 0 Å². The van der Waals surface area contributed by atoms with Crippen molar-refractivity contribution in [3.63, 3.8) is 0 Å². The van der Waals surface area contributed by atoms with E-state index in [1.54, 1.807) is 12.1 Å². The van der Waals surface area contributed by atoms with Crippen LogP contribution in [-0.2, 0) is 4.79 Å². The van der Waals surface area contributed by atoms with Gasteiger partial charge in [-0.2, -0.15) is 5.26 Å². The van der Waals surface area contributed by atoms with Crippen molar-refractivity contribution in [2.24, 2.45) is 0 Å². The minimum absolute atomic E-state index is 0.0531. The smallest absolute Gasteiger partial charge is 0.266 e. The third-order valence-electron chi connectivity index (χ3n) is 3.75. The molecule has 0 radical (unpaired) electrons. The molecule has 122 valence electrons. The highest BCUT2D eigenvalue weighted by Crippen LogP contribution is 2.16. The summed E-state index contributed by atoms with van der Waals surface area (Å²) in [4.78, 5) is 12.4. The van der Waals surface area contributed by atoms with Gasteiger partial charge in [0.25, 0.3) is 5.91 Å². The average Bonchev–Trinajstić information content (AvgIpc) is 3.08. The summed E-state index contributed by atoms with van der Waals surface area (Å²) in [6.07, 6.45) is 3.49. The van der Waals surface area contributed by atoms with Crippen molar-refractivity contribution >= 4 is 17.7 Å². The third kappa shape index (κ3) is 3.85. The zero-order valence-electron chi connectivity index (χ0n) is 13.8. The number of carbonyl (C=O) groups excluding carboxylic acids is 1. The first-order valence-electron chi connectivity index (χ1n) is 7.90. The van der Waals surface area contributed by atoms with Gasteiger partial charge in [0.05, 0.1) is 0 Å². The van der Waals surface area contributed by atoms with Crippen LogP contribution in [0.15, 0.2) is 78.5 Å². The predicted octanol–water partition coefficient (Wildman–Crippen LogP) is 4.33. The van der Waals surface area contributed by atoms with E-state index < -0.39 is 5.91 Å². The molecule has 3 aromatic rings. The van der Waals surface area contributed by atoms with Crippen LogP contribution in [0.2, 0.25) is 0 Å². The van der Waals surface area contributed by atoms with Crippen molar-refractivity contribution in [1.82, 2.24) is 4.57 Å². The largest absolute Gasteiger partial charge is 0.321 e. The Balaban J connectivity index is 1.88. The molecule has 3 rings (SSSR count). The van der Waals surface area contributed by atoms with Crippen LogP contribution in [0.1, 0.15) is 11.3 Å². The quantitative estimate of drug-likeness (QED) is 0.573. The average molecular weight is 327 g/mol. The van der Waals surface area contributed by atoms with E-state index in [0.717, 1.165) is 16.9 Å². The van der Waals surface area contributed by atoms with Gasteiger partial charge >= 0.3 is 0 Å². The molecule has 0 fully saturated rings. The van der Waals surface area contributed by atoms with Gasteiger partial charge in [0.2, 0.25) is 0 Å². The van der Waals surface area contributed by atoms with Crippen molar-refractivity contribution in [3.05, 3.63) is 89.8 Å². The lowest BCUT2D eigenvalue weighted by atomic mass is 10.2. The highest BCUT2D eigenvalue weighted by Gasteiger charge is 2.11. The molecule has 0 aliphatic rings. The summed E-state index contributed by atoms with van der Waals surface area (Å²) in [6, 6.07) is 23.0. The van der Waals surface area contributed by atoms with E-state index in [9.17, 15) is 10.1 Å². The van der Waals surface area contributed by atoms with Gasteiger partial charge in [-0.1, -0.05) is 30.3 Å². The Labute approximate surface area is 146 Å². The molecule has 25 heavy (non-hydrogen) atoms. The van der Waals surface area contributed by atoms with Gasteiger partial charge < -0.3 is 9.88 Å². The van der Waals surface area contributed by atoms with Gasteiger partial charge in [-0.25, -0.2) is 0 Å². The first-order valence-corrected chi connectivity index (χ1v) is 7.90. The van der Waals surface area contributed by atoms with Crippen molar-refractivity contribution in [3.8, 4) is 11.8 Å². The number of hydrogen-bond donors (Lipinski definition) is 1. The highest BCUT2D eigenvalue weighted by molar-refractivity contribution is 6.09. The number of hydrogen-bond acceptors (Lipinski definition) is 2. The number of benzene rings is 2. The van der Waals surface area contributed by atoms with E-state index in [0.29, 0.717) is 5.69 Å². The maximum Gasteiger partial charge on any atom is 0.266 e. The van der Waals surface area contributed by atoms with Crippen molar-refractivity contribution in [1.29, 1.82) is 5.26 Å². The van der Waals surface area contributed by atoms with Gasteiger partial charge in [0.15, 0.2) is 0 Å². The monoisotopic (exact) mass is 327 g/mol. The maximum absolute atomic E-state index is 12.4. The molecule has 4 heteroatoms. The standard InChI is InChI=1S/C21H17N3O/c1-16-7-5-8-18(13-16)23-21(25)17(15-22)14-20-11-6-12-24(20)19-9-3-2-4-10-19/h2-14H,1H3,(H,23,25)/b17-14-. The van der Waals surface area contributed by atoms with E-state index in [-0.39, 0.29) is 5.57 Å². The number of nitrogens with one attached hydrogen (secondary N) is 1. The Hall–Kier alpha value is -3.58. The lowest BCUT2D eigenvalue weighted by molar-refractivity contribution is -0.112. The molecule has 0 saturated carbocycles. The third-order valence-corrected chi connectivity index (χ3v) is 3.75. The van der Waals surface area contributed by atoms with Crippen LogP contribution in [0.3, 0.4) is 0 Å². The van der Waals surface area contributed by atoms with Crippen molar-refractivity contribution in [2.75, 3.05) is 5.32 Å². The summed E-state index contributed by atoms with van der Waals surface area (Å²) in [5, 5.41) is 12.2. The molecule has 0 saturated heterocycles. The number of anilines is 1. The first-order chi connectivity index (χ1) is 12.2. The molecule has 4 nitrogen and oxygen atoms in total. The summed E-state index contributed by atoms with van der Waals surface area (Å²) in [6.45, 7) is 1.95. The van der Waals surface area contributed by atoms with Crippen LogP contribution in [0.4, 0.5) is 5.69 Å². The fourth-order valence-electron chi connectivity index (χ4n) is 2.55. The van der Waals surface area contributed by atoms with Gasteiger partial charge in [0, 0.05) is 23.3 Å². The number of rotatable bonds is 4. The zero-order valence-corrected chi connectivity index (χ0v) is 13.8. The number of para-hydroxylation sites is 1. The van der Waals surface area contributed by atoms with E-state index in [2.05, 4.69) is 5.32 Å². The van der Waals surface area contributed by atoms with Crippen LogP contribution in [0, 0.1) is 18.3 Å². The van der Waals surface area contributed by atoms with Crippen molar-refractivity contribution in [2.45, 2.75) is 6.92 Å². The molecule has 0 aliphatic carbocycles. The lowest BCUT2D eigenvalue weighted by Gasteiger charge is -2.08. The summed E-state index contributed by atoms with van der Waals surface area (Å²) >= 11 is 0. The van der Waals surface area contributed by atoms with Gasteiger partial charge in [-0.15, -0.1) is 0 Å². The Morgan fingerprint density at radius 1 is 1.08 bits per heavy atom. The molecular formula is C21H17N3O. The normalized spacial score (nSPS) is 11.0. The van der Waals surface area contributed by atoms with Gasteiger partial charge in [-0.05, 0) is 55.0 Å². The topological polar surface area (TPSA) is 57.8 Å². The van der Waals surface area contributed by atoms with Crippen LogP contribution < -0.4 is 5.32 Å². The Morgan fingerprint density at radius 3 is 2.60 bits per heavy atom. The van der Waals surface area contributed by atoms with Crippen LogP contribution >= 0.6 is 0 Å². The second-order valence-corrected chi connectivity index (χ2v) is 5.63. The van der Waals surface area contributed by atoms with E-state index in [4.69, 9.17) is 0 Å². The second-order valence-electron chi connectivity index (χ2n) is 5.63.